The molecule has 0 aromatic carbocycles. The van der Waals surface area contributed by atoms with Gasteiger partial charge < -0.3 is 20.8 Å². The summed E-state index contributed by atoms with van der Waals surface area (Å²) in [6.07, 6.45) is 5.62. The van der Waals surface area contributed by atoms with Crippen LogP contribution in [0, 0.1) is 5.41 Å². The average molecular weight is 282 g/mol. The molecule has 1 aromatic rings. The van der Waals surface area contributed by atoms with E-state index in [1.807, 2.05) is 25.5 Å². The van der Waals surface area contributed by atoms with Gasteiger partial charge in [0.25, 0.3) is 0 Å². The van der Waals surface area contributed by atoms with Crippen LogP contribution in [0.1, 0.15) is 38.9 Å². The summed E-state index contributed by atoms with van der Waals surface area (Å²) in [7, 11) is 1.95. The van der Waals surface area contributed by atoms with Crippen molar-refractivity contribution in [1.29, 1.82) is 0 Å². The second-order valence-corrected chi connectivity index (χ2v) is 5.68. The van der Waals surface area contributed by atoms with Crippen molar-refractivity contribution in [3.8, 4) is 0 Å². The van der Waals surface area contributed by atoms with Gasteiger partial charge in [-0.05, 0) is 19.4 Å². The van der Waals surface area contributed by atoms with Gasteiger partial charge in [0.15, 0.2) is 0 Å². The van der Waals surface area contributed by atoms with Gasteiger partial charge in [-0.1, -0.05) is 25.4 Å². The van der Waals surface area contributed by atoms with E-state index in [4.69, 9.17) is 10.9 Å². The molecule has 0 aliphatic heterocycles. The fourth-order valence-corrected chi connectivity index (χ4v) is 1.94. The van der Waals surface area contributed by atoms with Crippen molar-refractivity contribution >= 4 is 5.84 Å². The summed E-state index contributed by atoms with van der Waals surface area (Å²) in [5.74, 6) is 1.29. The third kappa shape index (κ3) is 5.16. The summed E-state index contributed by atoms with van der Waals surface area (Å²) in [4.78, 5) is 0. The van der Waals surface area contributed by atoms with E-state index in [1.54, 1.807) is 6.33 Å². The SMILES string of the molecule is Cn1cnnc1CCNCCCCC(C)(C)C(N)=NO. The normalized spacial score (nSPS) is 12.8. The lowest BCUT2D eigenvalue weighted by atomic mass is 9.86. The van der Waals surface area contributed by atoms with E-state index < -0.39 is 0 Å². The van der Waals surface area contributed by atoms with Crippen LogP contribution in [0.3, 0.4) is 0 Å². The van der Waals surface area contributed by atoms with Crippen LogP contribution in [0.5, 0.6) is 0 Å². The zero-order chi connectivity index (χ0) is 15.0. The van der Waals surface area contributed by atoms with E-state index in [0.717, 1.165) is 44.6 Å². The molecule has 0 aliphatic carbocycles. The summed E-state index contributed by atoms with van der Waals surface area (Å²) in [5, 5.41) is 23.0. The van der Waals surface area contributed by atoms with Crippen LogP contribution in [-0.4, -0.2) is 38.9 Å². The van der Waals surface area contributed by atoms with Crippen molar-refractivity contribution < 1.29 is 5.21 Å². The molecule has 0 saturated heterocycles. The van der Waals surface area contributed by atoms with E-state index in [0.29, 0.717) is 5.84 Å². The predicted molar refractivity (Wildman–Crippen MR) is 78.6 cm³/mol. The summed E-state index contributed by atoms with van der Waals surface area (Å²) < 4.78 is 1.93. The molecule has 0 aliphatic rings. The number of hydrogen-bond donors (Lipinski definition) is 3. The summed E-state index contributed by atoms with van der Waals surface area (Å²) in [6.45, 7) is 5.84. The Kier molecular flexibility index (Phi) is 6.44. The van der Waals surface area contributed by atoms with Gasteiger partial charge in [-0.25, -0.2) is 0 Å². The van der Waals surface area contributed by atoms with Crippen molar-refractivity contribution in [2.24, 2.45) is 23.4 Å². The van der Waals surface area contributed by atoms with Crippen molar-refractivity contribution in [2.45, 2.75) is 39.5 Å². The minimum Gasteiger partial charge on any atom is -0.409 e. The molecule has 114 valence electrons. The Morgan fingerprint density at radius 3 is 2.80 bits per heavy atom. The molecule has 0 unspecified atom stereocenters. The molecular weight excluding hydrogens is 256 g/mol. The van der Waals surface area contributed by atoms with Crippen LogP contribution < -0.4 is 11.1 Å². The highest BCUT2D eigenvalue weighted by molar-refractivity contribution is 5.85. The van der Waals surface area contributed by atoms with Crippen LogP contribution in [0.4, 0.5) is 0 Å². The molecule has 0 atom stereocenters. The van der Waals surface area contributed by atoms with Crippen molar-refractivity contribution in [3.05, 3.63) is 12.2 Å². The third-order valence-electron chi connectivity index (χ3n) is 3.54. The Labute approximate surface area is 120 Å². The minimum atomic E-state index is -0.243. The van der Waals surface area contributed by atoms with Crippen LogP contribution in [0.25, 0.3) is 0 Å². The van der Waals surface area contributed by atoms with Crippen LogP contribution in [0.15, 0.2) is 11.5 Å². The number of nitrogens with zero attached hydrogens (tertiary/aromatic N) is 4. The molecule has 0 spiro atoms. The van der Waals surface area contributed by atoms with Gasteiger partial charge in [0, 0.05) is 25.4 Å². The van der Waals surface area contributed by atoms with Gasteiger partial charge in [0.2, 0.25) is 0 Å². The molecular formula is C13H26N6O. The van der Waals surface area contributed by atoms with Gasteiger partial charge in [-0.2, -0.15) is 0 Å². The van der Waals surface area contributed by atoms with Crippen molar-refractivity contribution in [1.82, 2.24) is 20.1 Å². The maximum absolute atomic E-state index is 8.69. The van der Waals surface area contributed by atoms with Crippen LogP contribution in [-0.2, 0) is 13.5 Å². The first-order valence-corrected chi connectivity index (χ1v) is 6.99. The first kappa shape index (κ1) is 16.4. The summed E-state index contributed by atoms with van der Waals surface area (Å²) in [5.41, 5.74) is 5.41. The molecule has 0 saturated carbocycles. The first-order chi connectivity index (χ1) is 9.47. The molecule has 0 amide bonds. The number of nitrogens with two attached hydrogens (primary N) is 1. The Morgan fingerprint density at radius 1 is 1.45 bits per heavy atom. The number of amidine groups is 1. The van der Waals surface area contributed by atoms with Gasteiger partial charge in [-0.3, -0.25) is 0 Å². The average Bonchev–Trinajstić information content (AvgIpc) is 2.82. The molecule has 1 heterocycles. The van der Waals surface area contributed by atoms with E-state index >= 15 is 0 Å². The third-order valence-corrected chi connectivity index (χ3v) is 3.54. The highest BCUT2D eigenvalue weighted by atomic mass is 16.4. The summed E-state index contributed by atoms with van der Waals surface area (Å²) in [6, 6.07) is 0. The second kappa shape index (κ2) is 7.84. The number of aryl methyl sites for hydroxylation is 1. The number of hydrogen-bond acceptors (Lipinski definition) is 5. The standard InChI is InChI=1S/C13H26N6O/c1-13(2,12(14)18-20)7-4-5-8-15-9-6-11-17-16-10-19(11)3/h10,15,20H,4-9H2,1-3H3,(H2,14,18). The number of rotatable bonds is 9. The molecule has 7 nitrogen and oxygen atoms in total. The number of nitrogens with one attached hydrogen (secondary N) is 1. The highest BCUT2D eigenvalue weighted by Gasteiger charge is 2.22. The monoisotopic (exact) mass is 282 g/mol. The van der Waals surface area contributed by atoms with Gasteiger partial charge in [0.05, 0.1) is 0 Å². The highest BCUT2D eigenvalue weighted by Crippen LogP contribution is 2.22. The lowest BCUT2D eigenvalue weighted by molar-refractivity contribution is 0.304. The molecule has 0 radical (unpaired) electrons. The Balaban J connectivity index is 2.07. The quantitative estimate of drug-likeness (QED) is 0.205. The van der Waals surface area contributed by atoms with E-state index in [-0.39, 0.29) is 5.41 Å². The lowest BCUT2D eigenvalue weighted by Crippen LogP contribution is -2.32. The maximum Gasteiger partial charge on any atom is 0.144 e. The molecule has 7 heteroatoms. The lowest BCUT2D eigenvalue weighted by Gasteiger charge is -2.22. The molecule has 1 rings (SSSR count). The Morgan fingerprint density at radius 2 is 2.20 bits per heavy atom. The molecule has 0 bridgehead atoms. The van der Waals surface area contributed by atoms with Crippen LogP contribution in [0.2, 0.25) is 0 Å². The largest absolute Gasteiger partial charge is 0.409 e. The topological polar surface area (TPSA) is 101 Å². The second-order valence-electron chi connectivity index (χ2n) is 5.68. The van der Waals surface area contributed by atoms with Crippen molar-refractivity contribution in [2.75, 3.05) is 13.1 Å². The van der Waals surface area contributed by atoms with Crippen LogP contribution >= 0.6 is 0 Å². The molecule has 0 fully saturated rings. The zero-order valence-corrected chi connectivity index (χ0v) is 12.6. The van der Waals surface area contributed by atoms with E-state index in [1.165, 1.54) is 0 Å². The maximum atomic E-state index is 8.69. The van der Waals surface area contributed by atoms with Gasteiger partial charge >= 0.3 is 0 Å². The molecule has 1 aromatic heterocycles. The van der Waals surface area contributed by atoms with Crippen molar-refractivity contribution in [3.63, 3.8) is 0 Å². The van der Waals surface area contributed by atoms with Gasteiger partial charge in [0.1, 0.15) is 18.0 Å². The molecule has 20 heavy (non-hydrogen) atoms. The minimum absolute atomic E-state index is 0.243. The molecule has 4 N–H and O–H groups in total. The number of oxime groups is 1. The van der Waals surface area contributed by atoms with E-state index in [9.17, 15) is 0 Å². The van der Waals surface area contributed by atoms with E-state index in [2.05, 4.69) is 20.7 Å². The Bertz CT molecular complexity index is 426. The zero-order valence-electron chi connectivity index (χ0n) is 12.6. The van der Waals surface area contributed by atoms with Gasteiger partial charge in [-0.15, -0.1) is 10.2 Å². The fraction of sp³-hybridized carbons (Fsp3) is 0.769. The number of aromatic nitrogens is 3. The first-order valence-electron chi connectivity index (χ1n) is 6.99. The fourth-order valence-electron chi connectivity index (χ4n) is 1.94. The summed E-state index contributed by atoms with van der Waals surface area (Å²) >= 11 is 0. The number of unbranched alkanes of at least 4 members (excludes halogenated alkanes) is 1. The smallest absolute Gasteiger partial charge is 0.144 e. The predicted octanol–water partition coefficient (Wildman–Crippen LogP) is 0.890. The Hall–Kier alpha value is -1.63.